The molecule has 0 saturated carbocycles. The van der Waals surface area contributed by atoms with Gasteiger partial charge in [0.25, 0.3) is 11.8 Å². The molecule has 9 nitrogen and oxygen atoms in total. The molecule has 0 atom stereocenters. The summed E-state index contributed by atoms with van der Waals surface area (Å²) in [6, 6.07) is 18.4. The summed E-state index contributed by atoms with van der Waals surface area (Å²) in [5.74, 6) is -1.60. The first-order valence-electron chi connectivity index (χ1n) is 12.8. The molecule has 0 fully saturated rings. The second-order valence-electron chi connectivity index (χ2n) is 8.94. The van der Waals surface area contributed by atoms with Gasteiger partial charge in [0.05, 0.1) is 37.6 Å². The van der Waals surface area contributed by atoms with Gasteiger partial charge >= 0.3 is 5.97 Å². The van der Waals surface area contributed by atoms with Gasteiger partial charge in [-0.25, -0.2) is 4.39 Å². The Balaban J connectivity index is 1.59. The summed E-state index contributed by atoms with van der Waals surface area (Å²) < 4.78 is 24.4. The minimum atomic E-state index is -0.645. The number of ether oxygens (including phenoxy) is 2. The first-order chi connectivity index (χ1) is 19.8. The van der Waals surface area contributed by atoms with Crippen LogP contribution in [0.2, 0.25) is 0 Å². The molecular formula is C31H29FN4O5. The SMILES string of the molecule is CCOc1cc(CC(=O)OC)ccc1C(=O)Nc1cccc(-c2cc(C(=O)Nc3ccncc3F)ccc2CN)c1. The van der Waals surface area contributed by atoms with Crippen LogP contribution in [0.15, 0.2) is 79.1 Å². The third-order valence-electron chi connectivity index (χ3n) is 6.21. The van der Waals surface area contributed by atoms with Crippen LogP contribution in [0.5, 0.6) is 5.75 Å². The summed E-state index contributed by atoms with van der Waals surface area (Å²) in [5.41, 5.74) is 9.94. The summed E-state index contributed by atoms with van der Waals surface area (Å²) in [6.07, 6.45) is 2.46. The molecule has 4 aromatic rings. The van der Waals surface area contributed by atoms with E-state index < -0.39 is 23.6 Å². The van der Waals surface area contributed by atoms with Crippen LogP contribution in [-0.4, -0.2) is 36.5 Å². The molecule has 0 bridgehead atoms. The average Bonchev–Trinajstić information content (AvgIpc) is 2.98. The van der Waals surface area contributed by atoms with Gasteiger partial charge in [0.2, 0.25) is 0 Å². The zero-order valence-corrected chi connectivity index (χ0v) is 22.6. The number of methoxy groups -OCH3 is 1. The first kappa shape index (κ1) is 28.9. The molecule has 0 unspecified atom stereocenters. The van der Waals surface area contributed by atoms with Gasteiger partial charge in [-0.05, 0) is 71.6 Å². The van der Waals surface area contributed by atoms with Crippen molar-refractivity contribution in [1.29, 1.82) is 0 Å². The van der Waals surface area contributed by atoms with Crippen LogP contribution in [-0.2, 0) is 22.5 Å². The smallest absolute Gasteiger partial charge is 0.309 e. The second-order valence-corrected chi connectivity index (χ2v) is 8.94. The lowest BCUT2D eigenvalue weighted by Gasteiger charge is -2.14. The van der Waals surface area contributed by atoms with E-state index in [0.29, 0.717) is 45.9 Å². The number of esters is 1. The molecule has 0 radical (unpaired) electrons. The number of pyridine rings is 1. The highest BCUT2D eigenvalue weighted by Gasteiger charge is 2.17. The van der Waals surface area contributed by atoms with E-state index in [1.54, 1.807) is 61.5 Å². The Bertz CT molecular complexity index is 1590. The van der Waals surface area contributed by atoms with Crippen molar-refractivity contribution in [2.45, 2.75) is 19.9 Å². The summed E-state index contributed by atoms with van der Waals surface area (Å²) in [4.78, 5) is 41.5. The Morgan fingerprint density at radius 2 is 1.80 bits per heavy atom. The number of carbonyl (C=O) groups excluding carboxylic acids is 3. The molecule has 4 rings (SSSR count). The normalized spacial score (nSPS) is 10.5. The number of hydrogen-bond donors (Lipinski definition) is 3. The number of carbonyl (C=O) groups is 3. The van der Waals surface area contributed by atoms with Crippen molar-refractivity contribution in [2.24, 2.45) is 5.73 Å². The zero-order valence-electron chi connectivity index (χ0n) is 22.6. The molecule has 3 aromatic carbocycles. The summed E-state index contributed by atoms with van der Waals surface area (Å²) in [5, 5.41) is 5.44. The maximum atomic E-state index is 14.0. The number of nitrogens with one attached hydrogen (secondary N) is 2. The van der Waals surface area contributed by atoms with Crippen LogP contribution in [0.3, 0.4) is 0 Å². The van der Waals surface area contributed by atoms with Crippen molar-refractivity contribution in [3.05, 3.63) is 107 Å². The number of nitrogens with zero attached hydrogens (tertiary/aromatic N) is 1. The van der Waals surface area contributed by atoms with Crippen LogP contribution in [0, 0.1) is 5.82 Å². The fourth-order valence-electron chi connectivity index (χ4n) is 4.18. The maximum Gasteiger partial charge on any atom is 0.309 e. The van der Waals surface area contributed by atoms with E-state index in [1.807, 2.05) is 6.07 Å². The number of aromatic nitrogens is 1. The standard InChI is InChI=1S/C31H29FN4O5/c1-3-41-28-13-19(14-29(37)40-2)7-10-24(28)31(39)35-23-6-4-5-20(15-23)25-16-21(8-9-22(25)17-33)30(38)36-27-11-12-34-18-26(27)32/h4-13,15-16,18H,3,14,17,33H2,1-2H3,(H,35,39)(H,34,36,38). The Morgan fingerprint density at radius 1 is 0.976 bits per heavy atom. The second kappa shape index (κ2) is 13.3. The lowest BCUT2D eigenvalue weighted by Crippen LogP contribution is -2.15. The van der Waals surface area contributed by atoms with Gasteiger partial charge < -0.3 is 25.8 Å². The summed E-state index contributed by atoms with van der Waals surface area (Å²) in [7, 11) is 1.31. The number of nitrogens with two attached hydrogens (primary N) is 1. The average molecular weight is 557 g/mol. The summed E-state index contributed by atoms with van der Waals surface area (Å²) >= 11 is 0. The van der Waals surface area contributed by atoms with E-state index in [9.17, 15) is 18.8 Å². The van der Waals surface area contributed by atoms with Gasteiger partial charge in [-0.1, -0.05) is 24.3 Å². The Morgan fingerprint density at radius 3 is 2.54 bits per heavy atom. The van der Waals surface area contributed by atoms with Crippen LogP contribution >= 0.6 is 0 Å². The topological polar surface area (TPSA) is 133 Å². The molecule has 0 spiro atoms. The van der Waals surface area contributed by atoms with Crippen LogP contribution in [0.4, 0.5) is 15.8 Å². The number of benzene rings is 3. The van der Waals surface area contributed by atoms with Crippen LogP contribution in [0.1, 0.15) is 38.8 Å². The largest absolute Gasteiger partial charge is 0.493 e. The minimum absolute atomic E-state index is 0.0175. The lowest BCUT2D eigenvalue weighted by atomic mass is 9.96. The van der Waals surface area contributed by atoms with E-state index in [-0.39, 0.29) is 18.7 Å². The Kier molecular flexibility index (Phi) is 9.39. The zero-order chi connectivity index (χ0) is 29.4. The molecule has 10 heteroatoms. The fraction of sp³-hybridized carbons (Fsp3) is 0.161. The molecule has 41 heavy (non-hydrogen) atoms. The van der Waals surface area contributed by atoms with Crippen LogP contribution < -0.4 is 21.1 Å². The van der Waals surface area contributed by atoms with Gasteiger partial charge in [-0.2, -0.15) is 0 Å². The molecule has 1 aromatic heterocycles. The highest BCUT2D eigenvalue weighted by molar-refractivity contribution is 6.07. The van der Waals surface area contributed by atoms with E-state index >= 15 is 0 Å². The number of rotatable bonds is 10. The van der Waals surface area contributed by atoms with Crippen LogP contribution in [0.25, 0.3) is 11.1 Å². The van der Waals surface area contributed by atoms with Gasteiger partial charge in [0.15, 0.2) is 5.82 Å². The highest BCUT2D eigenvalue weighted by atomic mass is 19.1. The van der Waals surface area contributed by atoms with Gasteiger partial charge in [0.1, 0.15) is 5.75 Å². The van der Waals surface area contributed by atoms with Crippen molar-refractivity contribution in [3.63, 3.8) is 0 Å². The van der Waals surface area contributed by atoms with E-state index in [2.05, 4.69) is 15.6 Å². The monoisotopic (exact) mass is 556 g/mol. The minimum Gasteiger partial charge on any atom is -0.493 e. The molecule has 1 heterocycles. The Hall–Kier alpha value is -5.09. The highest BCUT2D eigenvalue weighted by Crippen LogP contribution is 2.29. The molecule has 210 valence electrons. The van der Waals surface area contributed by atoms with Gasteiger partial charge in [-0.3, -0.25) is 19.4 Å². The van der Waals surface area contributed by atoms with Gasteiger partial charge in [0, 0.05) is 24.0 Å². The third-order valence-corrected chi connectivity index (χ3v) is 6.21. The Labute approximate surface area is 236 Å². The van der Waals surface area contributed by atoms with Crippen molar-refractivity contribution < 1.29 is 28.2 Å². The predicted octanol–water partition coefficient (Wildman–Crippen LogP) is 4.97. The number of halogens is 1. The molecule has 0 aliphatic carbocycles. The van der Waals surface area contributed by atoms with E-state index in [1.165, 1.54) is 19.4 Å². The van der Waals surface area contributed by atoms with E-state index in [0.717, 1.165) is 11.8 Å². The molecule has 0 aliphatic rings. The molecule has 0 aliphatic heterocycles. The quantitative estimate of drug-likeness (QED) is 0.235. The number of hydrogen-bond acceptors (Lipinski definition) is 7. The lowest BCUT2D eigenvalue weighted by molar-refractivity contribution is -0.139. The molecule has 4 N–H and O–H groups in total. The van der Waals surface area contributed by atoms with Crippen molar-refractivity contribution in [3.8, 4) is 16.9 Å². The van der Waals surface area contributed by atoms with Crippen molar-refractivity contribution in [2.75, 3.05) is 24.4 Å². The number of amides is 2. The maximum absolute atomic E-state index is 14.0. The van der Waals surface area contributed by atoms with Crippen molar-refractivity contribution >= 4 is 29.2 Å². The first-order valence-corrected chi connectivity index (χ1v) is 12.8. The van der Waals surface area contributed by atoms with E-state index in [4.69, 9.17) is 15.2 Å². The number of anilines is 2. The third kappa shape index (κ3) is 7.11. The van der Waals surface area contributed by atoms with Gasteiger partial charge in [-0.15, -0.1) is 0 Å². The summed E-state index contributed by atoms with van der Waals surface area (Å²) in [6.45, 7) is 2.34. The molecule has 2 amide bonds. The predicted molar refractivity (Wildman–Crippen MR) is 153 cm³/mol. The fourth-order valence-corrected chi connectivity index (χ4v) is 4.18. The molecule has 0 saturated heterocycles. The molecular weight excluding hydrogens is 527 g/mol. The van der Waals surface area contributed by atoms with Crippen molar-refractivity contribution in [1.82, 2.24) is 4.98 Å².